The van der Waals surface area contributed by atoms with Crippen molar-refractivity contribution in [3.8, 4) is 0 Å². The second-order valence-electron chi connectivity index (χ2n) is 7.56. The molecule has 25 heavy (non-hydrogen) atoms. The van der Waals surface area contributed by atoms with Crippen LogP contribution in [-0.4, -0.2) is 64.3 Å². The van der Waals surface area contributed by atoms with Crippen LogP contribution < -0.4 is 10.6 Å². The van der Waals surface area contributed by atoms with Gasteiger partial charge in [0.15, 0.2) is 5.96 Å². The molecular formula is C19H39IN4O. The van der Waals surface area contributed by atoms with Crippen molar-refractivity contribution in [1.82, 2.24) is 15.5 Å². The lowest BCUT2D eigenvalue weighted by Crippen LogP contribution is -2.45. The number of nitrogens with one attached hydrogen (secondary N) is 2. The highest BCUT2D eigenvalue weighted by Crippen LogP contribution is 2.40. The van der Waals surface area contributed by atoms with Crippen LogP contribution in [0.3, 0.4) is 0 Å². The van der Waals surface area contributed by atoms with E-state index in [1.807, 2.05) is 7.05 Å². The molecule has 1 heterocycles. The van der Waals surface area contributed by atoms with Crippen molar-refractivity contribution >= 4 is 29.9 Å². The maximum Gasteiger partial charge on any atom is 0.191 e. The minimum Gasteiger partial charge on any atom is -0.385 e. The smallest absolute Gasteiger partial charge is 0.191 e. The Bertz CT molecular complexity index is 364. The van der Waals surface area contributed by atoms with Crippen LogP contribution in [0.25, 0.3) is 0 Å². The number of halogens is 1. The lowest BCUT2D eigenvalue weighted by Gasteiger charge is -2.30. The molecule has 1 saturated carbocycles. The average molecular weight is 466 g/mol. The normalized spacial score (nSPS) is 21.4. The highest BCUT2D eigenvalue weighted by molar-refractivity contribution is 14.0. The van der Waals surface area contributed by atoms with Crippen molar-refractivity contribution in [2.75, 3.05) is 53.5 Å². The zero-order valence-electron chi connectivity index (χ0n) is 16.3. The molecule has 0 spiro atoms. The van der Waals surface area contributed by atoms with Crippen molar-refractivity contribution < 1.29 is 4.74 Å². The van der Waals surface area contributed by atoms with Gasteiger partial charge in [0.1, 0.15) is 0 Å². The molecule has 6 heteroatoms. The first-order valence-electron chi connectivity index (χ1n) is 9.94. The van der Waals surface area contributed by atoms with Gasteiger partial charge in [-0.2, -0.15) is 0 Å². The highest BCUT2D eigenvalue weighted by Gasteiger charge is 2.33. The van der Waals surface area contributed by atoms with Gasteiger partial charge in [-0.1, -0.05) is 25.7 Å². The Kier molecular flexibility index (Phi) is 12.1. The first-order valence-corrected chi connectivity index (χ1v) is 9.94. The van der Waals surface area contributed by atoms with Crippen LogP contribution in [0.4, 0.5) is 0 Å². The Labute approximate surface area is 171 Å². The summed E-state index contributed by atoms with van der Waals surface area (Å²) < 4.78 is 5.33. The molecular weight excluding hydrogens is 427 g/mol. The molecule has 0 aromatic carbocycles. The lowest BCUT2D eigenvalue weighted by atomic mass is 9.83. The SMILES string of the molecule is CN=C(NCCN1CCCCCC1)NCC1(CCOC)CCCC1.I. The van der Waals surface area contributed by atoms with E-state index in [9.17, 15) is 0 Å². The Morgan fingerprint density at radius 3 is 2.32 bits per heavy atom. The summed E-state index contributed by atoms with van der Waals surface area (Å²) in [5, 5.41) is 7.08. The number of ether oxygens (including phenoxy) is 1. The third-order valence-corrected chi connectivity index (χ3v) is 5.77. The number of hydrogen-bond acceptors (Lipinski definition) is 3. The number of methoxy groups -OCH3 is 1. The molecule has 0 aromatic rings. The topological polar surface area (TPSA) is 48.9 Å². The van der Waals surface area contributed by atoms with E-state index in [2.05, 4.69) is 20.5 Å². The Morgan fingerprint density at radius 1 is 1.04 bits per heavy atom. The zero-order chi connectivity index (χ0) is 17.1. The quantitative estimate of drug-likeness (QED) is 0.328. The molecule has 2 fully saturated rings. The fourth-order valence-electron chi connectivity index (χ4n) is 4.14. The standard InChI is InChI=1S/C19H38N4O.HI/c1-20-18(21-12-15-23-13-7-3-4-8-14-23)22-17-19(11-16-24-2)9-5-6-10-19;/h3-17H2,1-2H3,(H2,20,21,22);1H. The van der Waals surface area contributed by atoms with Gasteiger partial charge in [-0.15, -0.1) is 24.0 Å². The van der Waals surface area contributed by atoms with Crippen LogP contribution in [0.1, 0.15) is 57.8 Å². The monoisotopic (exact) mass is 466 g/mol. The van der Waals surface area contributed by atoms with Gasteiger partial charge in [0.05, 0.1) is 0 Å². The molecule has 0 aromatic heterocycles. The van der Waals surface area contributed by atoms with Gasteiger partial charge >= 0.3 is 0 Å². The van der Waals surface area contributed by atoms with Crippen molar-refractivity contribution in [2.24, 2.45) is 10.4 Å². The second-order valence-corrected chi connectivity index (χ2v) is 7.56. The van der Waals surface area contributed by atoms with Crippen molar-refractivity contribution in [2.45, 2.75) is 57.8 Å². The summed E-state index contributed by atoms with van der Waals surface area (Å²) in [6.07, 6.45) is 12.0. The number of hydrogen-bond donors (Lipinski definition) is 2. The first kappa shape index (κ1) is 23.0. The van der Waals surface area contributed by atoms with Crippen molar-refractivity contribution in [3.05, 3.63) is 0 Å². The fraction of sp³-hybridized carbons (Fsp3) is 0.947. The Morgan fingerprint density at radius 2 is 1.72 bits per heavy atom. The van der Waals surface area contributed by atoms with Gasteiger partial charge in [0.25, 0.3) is 0 Å². The molecule has 1 saturated heterocycles. The van der Waals surface area contributed by atoms with Crippen LogP contribution in [0, 0.1) is 5.41 Å². The van der Waals surface area contributed by atoms with Gasteiger partial charge in [0, 0.05) is 40.4 Å². The van der Waals surface area contributed by atoms with Gasteiger partial charge in [-0.25, -0.2) is 0 Å². The minimum atomic E-state index is 0. The summed E-state index contributed by atoms with van der Waals surface area (Å²) in [4.78, 5) is 6.99. The van der Waals surface area contributed by atoms with E-state index in [-0.39, 0.29) is 24.0 Å². The maximum atomic E-state index is 5.33. The molecule has 0 atom stereocenters. The summed E-state index contributed by atoms with van der Waals surface area (Å²) in [7, 11) is 3.68. The number of rotatable bonds is 8. The molecule has 1 aliphatic carbocycles. The van der Waals surface area contributed by atoms with Gasteiger partial charge in [-0.05, 0) is 50.6 Å². The summed E-state index contributed by atoms with van der Waals surface area (Å²) in [6, 6.07) is 0. The summed E-state index contributed by atoms with van der Waals surface area (Å²) >= 11 is 0. The van der Waals surface area contributed by atoms with Crippen LogP contribution in [-0.2, 0) is 4.74 Å². The predicted octanol–water partition coefficient (Wildman–Crippen LogP) is 3.24. The van der Waals surface area contributed by atoms with Gasteiger partial charge in [-0.3, -0.25) is 4.99 Å². The van der Waals surface area contributed by atoms with E-state index in [1.54, 1.807) is 7.11 Å². The third-order valence-electron chi connectivity index (χ3n) is 5.77. The molecule has 5 nitrogen and oxygen atoms in total. The van der Waals surface area contributed by atoms with E-state index in [4.69, 9.17) is 4.74 Å². The number of likely N-dealkylation sites (tertiary alicyclic amines) is 1. The first-order chi connectivity index (χ1) is 11.8. The molecule has 0 unspecified atom stereocenters. The molecule has 2 rings (SSSR count). The lowest BCUT2D eigenvalue weighted by molar-refractivity contribution is 0.138. The molecule has 0 radical (unpaired) electrons. The van der Waals surface area contributed by atoms with E-state index < -0.39 is 0 Å². The number of nitrogens with zero attached hydrogens (tertiary/aromatic N) is 2. The summed E-state index contributed by atoms with van der Waals surface area (Å²) in [5.41, 5.74) is 0.401. The largest absolute Gasteiger partial charge is 0.385 e. The fourth-order valence-corrected chi connectivity index (χ4v) is 4.14. The number of guanidine groups is 1. The predicted molar refractivity (Wildman–Crippen MR) is 117 cm³/mol. The van der Waals surface area contributed by atoms with Crippen molar-refractivity contribution in [1.29, 1.82) is 0 Å². The molecule has 0 bridgehead atoms. The maximum absolute atomic E-state index is 5.33. The van der Waals surface area contributed by atoms with Crippen LogP contribution in [0.5, 0.6) is 0 Å². The van der Waals surface area contributed by atoms with E-state index in [1.165, 1.54) is 64.5 Å². The molecule has 2 aliphatic rings. The van der Waals surface area contributed by atoms with Crippen molar-refractivity contribution in [3.63, 3.8) is 0 Å². The third kappa shape index (κ3) is 8.43. The second kappa shape index (κ2) is 13.1. The van der Waals surface area contributed by atoms with Gasteiger partial charge in [0.2, 0.25) is 0 Å². The van der Waals surface area contributed by atoms with Gasteiger partial charge < -0.3 is 20.3 Å². The van der Waals surface area contributed by atoms with Crippen LogP contribution in [0.15, 0.2) is 4.99 Å². The summed E-state index contributed by atoms with van der Waals surface area (Å²) in [5.74, 6) is 0.952. The highest BCUT2D eigenvalue weighted by atomic mass is 127. The van der Waals surface area contributed by atoms with E-state index in [0.717, 1.165) is 38.6 Å². The Balaban J connectivity index is 0.00000312. The molecule has 0 amide bonds. The molecule has 1 aliphatic heterocycles. The molecule has 148 valence electrons. The zero-order valence-corrected chi connectivity index (χ0v) is 18.6. The summed E-state index contributed by atoms with van der Waals surface area (Å²) in [6.45, 7) is 6.49. The minimum absolute atomic E-state index is 0. The Hall–Kier alpha value is -0.0800. The number of aliphatic imine (C=N–C) groups is 1. The van der Waals surface area contributed by atoms with Crippen LogP contribution >= 0.6 is 24.0 Å². The molecule has 2 N–H and O–H groups in total. The van der Waals surface area contributed by atoms with E-state index in [0.29, 0.717) is 5.41 Å². The van der Waals surface area contributed by atoms with Crippen LogP contribution in [0.2, 0.25) is 0 Å². The average Bonchev–Trinajstić information content (AvgIpc) is 2.92. The van der Waals surface area contributed by atoms with E-state index >= 15 is 0 Å².